The highest BCUT2D eigenvalue weighted by Crippen LogP contribution is 2.23. The molecule has 0 spiro atoms. The molecule has 1 N–H and O–H groups in total. The molecule has 3 rings (SSSR count). The summed E-state index contributed by atoms with van der Waals surface area (Å²) in [6.45, 7) is 3.21. The van der Waals surface area contributed by atoms with Gasteiger partial charge in [-0.15, -0.1) is 11.3 Å². The molecule has 3 aromatic rings. The Morgan fingerprint density at radius 3 is 2.95 bits per heavy atom. The van der Waals surface area contributed by atoms with Crippen molar-refractivity contribution in [1.82, 2.24) is 15.3 Å². The Balaban J connectivity index is 1.89. The second-order valence-corrected chi connectivity index (χ2v) is 6.07. The fourth-order valence-electron chi connectivity index (χ4n) is 2.47. The predicted octanol–water partition coefficient (Wildman–Crippen LogP) is 3.97. The van der Waals surface area contributed by atoms with Gasteiger partial charge in [-0.1, -0.05) is 19.1 Å². The van der Waals surface area contributed by atoms with Crippen LogP contribution in [-0.4, -0.2) is 16.5 Å². The van der Waals surface area contributed by atoms with Crippen LogP contribution in [0.2, 0.25) is 0 Å². The molecule has 0 saturated carbocycles. The molecule has 108 valence electrons. The van der Waals surface area contributed by atoms with Crippen molar-refractivity contribution in [2.24, 2.45) is 0 Å². The summed E-state index contributed by atoms with van der Waals surface area (Å²) in [6, 6.07) is 10.9. The first-order valence-electron chi connectivity index (χ1n) is 7.33. The number of nitrogens with one attached hydrogen (secondary N) is 1. The molecule has 0 aliphatic rings. The van der Waals surface area contributed by atoms with E-state index in [1.165, 1.54) is 16.0 Å². The monoisotopic (exact) mass is 297 g/mol. The first-order chi connectivity index (χ1) is 10.4. The zero-order valence-corrected chi connectivity index (χ0v) is 12.9. The molecular formula is C17H19N3S. The first kappa shape index (κ1) is 14.2. The number of hydrogen-bond acceptors (Lipinski definition) is 4. The van der Waals surface area contributed by atoms with Crippen LogP contribution in [0.15, 0.2) is 48.1 Å². The van der Waals surface area contributed by atoms with E-state index in [0.29, 0.717) is 6.04 Å². The van der Waals surface area contributed by atoms with Gasteiger partial charge in [-0.05, 0) is 36.7 Å². The Morgan fingerprint density at radius 1 is 1.19 bits per heavy atom. The molecule has 0 radical (unpaired) electrons. The number of hydrogen-bond donors (Lipinski definition) is 1. The van der Waals surface area contributed by atoms with E-state index >= 15 is 0 Å². The number of fused-ring (bicyclic) bond motifs is 1. The van der Waals surface area contributed by atoms with Gasteiger partial charge in [0.05, 0.1) is 10.5 Å². The lowest BCUT2D eigenvalue weighted by Gasteiger charge is -2.18. The third-order valence-electron chi connectivity index (χ3n) is 3.53. The Bertz CT molecular complexity index is 694. The lowest BCUT2D eigenvalue weighted by molar-refractivity contribution is 0.529. The van der Waals surface area contributed by atoms with Crippen molar-refractivity contribution >= 4 is 22.2 Å². The van der Waals surface area contributed by atoms with Crippen LogP contribution in [0, 0.1) is 0 Å². The molecule has 3 nitrogen and oxygen atoms in total. The molecule has 0 saturated heterocycles. The number of nitrogens with zero attached hydrogens (tertiary/aromatic N) is 2. The molecule has 4 heteroatoms. The maximum absolute atomic E-state index is 4.42. The second kappa shape index (κ2) is 6.78. The summed E-state index contributed by atoms with van der Waals surface area (Å²) in [6.07, 6.45) is 5.78. The molecule has 0 bridgehead atoms. The van der Waals surface area contributed by atoms with Gasteiger partial charge in [0.1, 0.15) is 0 Å². The van der Waals surface area contributed by atoms with Crippen molar-refractivity contribution in [2.75, 3.05) is 6.54 Å². The molecule has 1 aromatic carbocycles. The molecule has 21 heavy (non-hydrogen) atoms. The van der Waals surface area contributed by atoms with Crippen molar-refractivity contribution in [3.05, 3.63) is 58.7 Å². The fourth-order valence-corrected chi connectivity index (χ4v) is 3.13. The average molecular weight is 297 g/mol. The van der Waals surface area contributed by atoms with Crippen LogP contribution in [0.4, 0.5) is 0 Å². The van der Waals surface area contributed by atoms with Crippen molar-refractivity contribution < 1.29 is 0 Å². The summed E-state index contributed by atoms with van der Waals surface area (Å²) < 4.78 is 0. The first-order valence-corrected chi connectivity index (χ1v) is 8.21. The molecule has 2 heterocycles. The Hall–Kier alpha value is -1.78. The van der Waals surface area contributed by atoms with E-state index in [1.54, 1.807) is 11.3 Å². The van der Waals surface area contributed by atoms with Crippen LogP contribution in [0.3, 0.4) is 0 Å². The van der Waals surface area contributed by atoms with Crippen molar-refractivity contribution in [1.29, 1.82) is 0 Å². The third kappa shape index (κ3) is 3.46. The topological polar surface area (TPSA) is 37.8 Å². The summed E-state index contributed by atoms with van der Waals surface area (Å²) in [7, 11) is 0. The third-order valence-corrected chi connectivity index (χ3v) is 4.33. The van der Waals surface area contributed by atoms with Gasteiger partial charge >= 0.3 is 0 Å². The van der Waals surface area contributed by atoms with E-state index < -0.39 is 0 Å². The number of benzene rings is 1. The van der Waals surface area contributed by atoms with Crippen LogP contribution in [-0.2, 0) is 6.42 Å². The van der Waals surface area contributed by atoms with E-state index in [0.717, 1.165) is 24.9 Å². The molecule has 0 aliphatic carbocycles. The highest BCUT2D eigenvalue weighted by atomic mass is 32.1. The van der Waals surface area contributed by atoms with E-state index in [-0.39, 0.29) is 0 Å². The minimum absolute atomic E-state index is 0.306. The summed E-state index contributed by atoms with van der Waals surface area (Å²) in [4.78, 5) is 8.81. The van der Waals surface area contributed by atoms with Gasteiger partial charge in [0, 0.05) is 35.6 Å². The van der Waals surface area contributed by atoms with Crippen molar-refractivity contribution in [2.45, 2.75) is 25.8 Å². The molecule has 2 aromatic heterocycles. The SMILES string of the molecule is CCCNC(Cc1nccs1)c1ccc2ncccc2c1. The van der Waals surface area contributed by atoms with Crippen LogP contribution >= 0.6 is 11.3 Å². The maximum atomic E-state index is 4.42. The van der Waals surface area contributed by atoms with E-state index in [1.807, 2.05) is 23.8 Å². The Labute approximate surface area is 129 Å². The lowest BCUT2D eigenvalue weighted by atomic mass is 10.0. The Kier molecular flexibility index (Phi) is 4.58. The molecule has 0 amide bonds. The lowest BCUT2D eigenvalue weighted by Crippen LogP contribution is -2.24. The van der Waals surface area contributed by atoms with E-state index in [9.17, 15) is 0 Å². The summed E-state index contributed by atoms with van der Waals surface area (Å²) in [5.41, 5.74) is 2.35. The minimum Gasteiger partial charge on any atom is -0.310 e. The number of rotatable bonds is 6. The summed E-state index contributed by atoms with van der Waals surface area (Å²) in [5, 5.41) is 8.04. The van der Waals surface area contributed by atoms with Gasteiger partial charge in [-0.2, -0.15) is 0 Å². The van der Waals surface area contributed by atoms with Gasteiger partial charge < -0.3 is 5.32 Å². The average Bonchev–Trinajstić information content (AvgIpc) is 3.04. The Morgan fingerprint density at radius 2 is 2.14 bits per heavy atom. The zero-order chi connectivity index (χ0) is 14.5. The number of aromatic nitrogens is 2. The highest BCUT2D eigenvalue weighted by molar-refractivity contribution is 7.09. The molecular weight excluding hydrogens is 278 g/mol. The summed E-state index contributed by atoms with van der Waals surface area (Å²) >= 11 is 1.72. The zero-order valence-electron chi connectivity index (χ0n) is 12.1. The number of pyridine rings is 1. The highest BCUT2D eigenvalue weighted by Gasteiger charge is 2.13. The van der Waals surface area contributed by atoms with E-state index in [2.05, 4.69) is 46.5 Å². The normalized spacial score (nSPS) is 12.6. The second-order valence-electron chi connectivity index (χ2n) is 5.09. The van der Waals surface area contributed by atoms with Crippen molar-refractivity contribution in [3.63, 3.8) is 0 Å². The molecule has 1 atom stereocenters. The largest absolute Gasteiger partial charge is 0.310 e. The summed E-state index contributed by atoms with van der Waals surface area (Å²) in [5.74, 6) is 0. The molecule has 1 unspecified atom stereocenters. The van der Waals surface area contributed by atoms with Gasteiger partial charge in [0.2, 0.25) is 0 Å². The molecule has 0 aliphatic heterocycles. The fraction of sp³-hybridized carbons (Fsp3) is 0.294. The van der Waals surface area contributed by atoms with Gasteiger partial charge in [0.15, 0.2) is 0 Å². The van der Waals surface area contributed by atoms with Crippen LogP contribution < -0.4 is 5.32 Å². The van der Waals surface area contributed by atoms with Gasteiger partial charge in [-0.25, -0.2) is 4.98 Å². The standard InChI is InChI=1S/C17H19N3S/c1-2-7-18-16(12-17-20-9-10-21-17)14-5-6-15-13(11-14)4-3-8-19-15/h3-6,8-11,16,18H,2,7,12H2,1H3. The maximum Gasteiger partial charge on any atom is 0.0943 e. The smallest absolute Gasteiger partial charge is 0.0943 e. The minimum atomic E-state index is 0.306. The number of thiazole rings is 1. The van der Waals surface area contributed by atoms with Crippen LogP contribution in [0.1, 0.15) is 30.0 Å². The van der Waals surface area contributed by atoms with Crippen LogP contribution in [0.25, 0.3) is 10.9 Å². The van der Waals surface area contributed by atoms with Crippen LogP contribution in [0.5, 0.6) is 0 Å². The predicted molar refractivity (Wildman–Crippen MR) is 88.6 cm³/mol. The van der Waals surface area contributed by atoms with Gasteiger partial charge in [-0.3, -0.25) is 4.98 Å². The van der Waals surface area contributed by atoms with Gasteiger partial charge in [0.25, 0.3) is 0 Å². The molecule has 0 fully saturated rings. The van der Waals surface area contributed by atoms with E-state index in [4.69, 9.17) is 0 Å². The quantitative estimate of drug-likeness (QED) is 0.748. The van der Waals surface area contributed by atoms with Crippen molar-refractivity contribution in [3.8, 4) is 0 Å².